The Morgan fingerprint density at radius 3 is 2.76 bits per heavy atom. The fraction of sp³-hybridized carbons (Fsp3) is 0.111. The van der Waals surface area contributed by atoms with Crippen molar-refractivity contribution in [1.82, 2.24) is 14.8 Å². The quantitative estimate of drug-likeness (QED) is 0.506. The van der Waals surface area contributed by atoms with Gasteiger partial charge < -0.3 is 0 Å². The number of hydrogen-bond donors (Lipinski definition) is 1. The number of nitro groups is 1. The monoisotopic (exact) mass is 254 g/mol. The smallest absolute Gasteiger partial charge is 0.273 e. The molecule has 0 bridgehead atoms. The van der Waals surface area contributed by atoms with E-state index in [1.54, 1.807) is 7.05 Å². The lowest BCUT2D eigenvalue weighted by molar-refractivity contribution is -0.385. The molecule has 88 valence electrons. The van der Waals surface area contributed by atoms with Gasteiger partial charge in [-0.05, 0) is 18.3 Å². The van der Waals surface area contributed by atoms with E-state index in [4.69, 9.17) is 12.2 Å². The van der Waals surface area contributed by atoms with E-state index in [0.717, 1.165) is 12.1 Å². The molecule has 2 aromatic rings. The minimum absolute atomic E-state index is 0.281. The molecule has 0 unspecified atom stereocenters. The van der Waals surface area contributed by atoms with Crippen LogP contribution in [-0.2, 0) is 7.05 Å². The number of nitrogens with zero attached hydrogens (tertiary/aromatic N) is 3. The van der Waals surface area contributed by atoms with Crippen LogP contribution >= 0.6 is 12.2 Å². The number of H-pyrrole nitrogens is 1. The van der Waals surface area contributed by atoms with Gasteiger partial charge in [0, 0.05) is 18.7 Å². The maximum atomic E-state index is 13.2. The Hall–Kier alpha value is -2.09. The molecule has 0 aliphatic carbocycles. The lowest BCUT2D eigenvalue weighted by Gasteiger charge is -1.98. The van der Waals surface area contributed by atoms with Crippen molar-refractivity contribution in [2.45, 2.75) is 0 Å². The van der Waals surface area contributed by atoms with Gasteiger partial charge in [0.1, 0.15) is 5.82 Å². The van der Waals surface area contributed by atoms with Crippen LogP contribution in [0.5, 0.6) is 0 Å². The van der Waals surface area contributed by atoms with E-state index in [-0.39, 0.29) is 16.0 Å². The zero-order valence-electron chi connectivity index (χ0n) is 8.68. The van der Waals surface area contributed by atoms with Crippen molar-refractivity contribution in [2.24, 2.45) is 7.05 Å². The Morgan fingerprint density at radius 2 is 2.24 bits per heavy atom. The molecule has 0 radical (unpaired) electrons. The fourth-order valence-corrected chi connectivity index (χ4v) is 1.48. The van der Waals surface area contributed by atoms with Crippen LogP contribution in [0.4, 0.5) is 10.1 Å². The minimum Gasteiger partial charge on any atom is -0.279 e. The van der Waals surface area contributed by atoms with Gasteiger partial charge in [-0.15, -0.1) is 0 Å². The fourth-order valence-electron chi connectivity index (χ4n) is 1.35. The van der Waals surface area contributed by atoms with E-state index in [2.05, 4.69) is 10.1 Å². The predicted octanol–water partition coefficient (Wildman–Crippen LogP) is 2.19. The van der Waals surface area contributed by atoms with Gasteiger partial charge in [-0.25, -0.2) is 4.39 Å². The molecule has 0 spiro atoms. The van der Waals surface area contributed by atoms with Crippen LogP contribution in [-0.4, -0.2) is 19.7 Å². The van der Waals surface area contributed by atoms with Gasteiger partial charge in [0.2, 0.25) is 4.77 Å². The van der Waals surface area contributed by atoms with Gasteiger partial charge >= 0.3 is 0 Å². The van der Waals surface area contributed by atoms with E-state index >= 15 is 0 Å². The number of benzene rings is 1. The number of halogens is 1. The molecule has 1 N–H and O–H groups in total. The van der Waals surface area contributed by atoms with Crippen LogP contribution in [0.3, 0.4) is 0 Å². The van der Waals surface area contributed by atoms with Gasteiger partial charge in [0.15, 0.2) is 5.82 Å². The summed E-state index contributed by atoms with van der Waals surface area (Å²) in [5.74, 6) is -0.403. The summed E-state index contributed by atoms with van der Waals surface area (Å²) in [5.41, 5.74) is -0.0478. The number of nitro benzene ring substituents is 1. The van der Waals surface area contributed by atoms with Gasteiger partial charge in [-0.2, -0.15) is 4.98 Å². The highest BCUT2D eigenvalue weighted by Crippen LogP contribution is 2.22. The van der Waals surface area contributed by atoms with Crippen molar-refractivity contribution >= 4 is 17.9 Å². The maximum Gasteiger partial charge on any atom is 0.273 e. The topological polar surface area (TPSA) is 76.8 Å². The number of aromatic nitrogens is 3. The summed E-state index contributed by atoms with van der Waals surface area (Å²) in [6.45, 7) is 0. The highest BCUT2D eigenvalue weighted by molar-refractivity contribution is 7.71. The highest BCUT2D eigenvalue weighted by atomic mass is 32.1. The van der Waals surface area contributed by atoms with Gasteiger partial charge in [-0.1, -0.05) is 0 Å². The second-order valence-electron chi connectivity index (χ2n) is 3.37. The van der Waals surface area contributed by atoms with Crippen LogP contribution in [0, 0.1) is 20.7 Å². The third kappa shape index (κ3) is 2.21. The molecule has 0 saturated carbocycles. The molecule has 8 heteroatoms. The van der Waals surface area contributed by atoms with Gasteiger partial charge in [-0.3, -0.25) is 19.9 Å². The SMILES string of the molecule is Cn1[nH]c(-c2cc(F)cc([N+](=O)[O-])c2)nc1=S. The number of rotatable bonds is 2. The van der Waals surface area contributed by atoms with Crippen LogP contribution in [0.25, 0.3) is 11.4 Å². The van der Waals surface area contributed by atoms with Crippen LogP contribution in [0.1, 0.15) is 0 Å². The third-order valence-corrected chi connectivity index (χ3v) is 2.50. The van der Waals surface area contributed by atoms with E-state index in [1.165, 1.54) is 10.7 Å². The maximum absolute atomic E-state index is 13.2. The lowest BCUT2D eigenvalue weighted by Crippen LogP contribution is -1.92. The van der Waals surface area contributed by atoms with E-state index < -0.39 is 10.7 Å². The standard InChI is InChI=1S/C9H7FN4O2S/c1-13-9(17)11-8(12-13)5-2-6(10)4-7(3-5)14(15)16/h2-4H,1H3,(H,11,12,17). The van der Waals surface area contributed by atoms with Crippen LogP contribution in [0.15, 0.2) is 18.2 Å². The summed E-state index contributed by atoms with van der Waals surface area (Å²) in [7, 11) is 1.65. The first-order valence-electron chi connectivity index (χ1n) is 4.56. The number of aromatic amines is 1. The Kier molecular flexibility index (Phi) is 2.72. The molecular weight excluding hydrogens is 247 g/mol. The summed E-state index contributed by atoms with van der Waals surface area (Å²) in [6, 6.07) is 3.23. The van der Waals surface area contributed by atoms with Crippen LogP contribution < -0.4 is 0 Å². The second-order valence-corrected chi connectivity index (χ2v) is 3.73. The summed E-state index contributed by atoms with van der Waals surface area (Å²) < 4.78 is 14.9. The zero-order valence-corrected chi connectivity index (χ0v) is 9.49. The first kappa shape index (κ1) is 11.4. The molecule has 1 heterocycles. The van der Waals surface area contributed by atoms with Crippen LogP contribution in [0.2, 0.25) is 0 Å². The number of non-ortho nitro benzene ring substituents is 1. The number of nitrogens with one attached hydrogen (secondary N) is 1. The lowest BCUT2D eigenvalue weighted by atomic mass is 10.2. The zero-order chi connectivity index (χ0) is 12.6. The molecule has 2 rings (SSSR count). The molecule has 1 aromatic carbocycles. The van der Waals surface area contributed by atoms with E-state index in [1.807, 2.05) is 0 Å². The first-order chi connectivity index (χ1) is 7.97. The molecule has 0 atom stereocenters. The molecule has 0 fully saturated rings. The largest absolute Gasteiger partial charge is 0.279 e. The Bertz CT molecular complexity index is 649. The molecule has 0 saturated heterocycles. The van der Waals surface area contributed by atoms with Gasteiger partial charge in [0.25, 0.3) is 5.69 Å². The Balaban J connectivity index is 2.59. The predicted molar refractivity (Wildman–Crippen MR) is 60.4 cm³/mol. The molecule has 17 heavy (non-hydrogen) atoms. The summed E-state index contributed by atoms with van der Waals surface area (Å²) in [4.78, 5) is 13.9. The van der Waals surface area contributed by atoms with Crippen molar-refractivity contribution in [3.05, 3.63) is 38.9 Å². The molecule has 0 aliphatic rings. The van der Waals surface area contributed by atoms with Crippen molar-refractivity contribution in [1.29, 1.82) is 0 Å². The first-order valence-corrected chi connectivity index (χ1v) is 4.96. The second kappa shape index (κ2) is 4.06. The van der Waals surface area contributed by atoms with Gasteiger partial charge in [0.05, 0.1) is 11.0 Å². The van der Waals surface area contributed by atoms with Crippen molar-refractivity contribution in [3.8, 4) is 11.4 Å². The number of aryl methyl sites for hydroxylation is 1. The van der Waals surface area contributed by atoms with Crippen molar-refractivity contribution < 1.29 is 9.31 Å². The van der Waals surface area contributed by atoms with E-state index in [0.29, 0.717) is 5.82 Å². The van der Waals surface area contributed by atoms with Crippen molar-refractivity contribution in [2.75, 3.05) is 0 Å². The Labute approximate surface area is 99.9 Å². The normalized spacial score (nSPS) is 10.5. The molecule has 0 amide bonds. The third-order valence-electron chi connectivity index (χ3n) is 2.13. The summed E-state index contributed by atoms with van der Waals surface area (Å²) in [5, 5.41) is 13.4. The summed E-state index contributed by atoms with van der Waals surface area (Å²) in [6.07, 6.45) is 0. The minimum atomic E-state index is -0.695. The average molecular weight is 254 g/mol. The molecule has 1 aromatic heterocycles. The van der Waals surface area contributed by atoms with Crippen molar-refractivity contribution in [3.63, 3.8) is 0 Å². The van der Waals surface area contributed by atoms with E-state index in [9.17, 15) is 14.5 Å². The highest BCUT2D eigenvalue weighted by Gasteiger charge is 2.13. The Morgan fingerprint density at radius 1 is 1.53 bits per heavy atom. The molecule has 0 aliphatic heterocycles. The summed E-state index contributed by atoms with van der Waals surface area (Å²) >= 11 is 4.88. The molecular formula is C9H7FN4O2S. The average Bonchev–Trinajstić information content (AvgIpc) is 2.58. The molecule has 6 nitrogen and oxygen atoms in total. The number of hydrogen-bond acceptors (Lipinski definition) is 4.